The van der Waals surface area contributed by atoms with Gasteiger partial charge in [-0.05, 0) is 19.1 Å². The van der Waals surface area contributed by atoms with Crippen LogP contribution in [0.5, 0.6) is 0 Å². The van der Waals surface area contributed by atoms with Crippen LogP contribution >= 0.6 is 12.6 Å². The van der Waals surface area contributed by atoms with Crippen molar-refractivity contribution in [2.24, 2.45) is 5.92 Å². The molecule has 0 aromatic rings. The van der Waals surface area contributed by atoms with Crippen molar-refractivity contribution in [3.05, 3.63) is 0 Å². The average Bonchev–Trinajstić information content (AvgIpc) is 1.69. The summed E-state index contributed by atoms with van der Waals surface area (Å²) in [5, 5.41) is 0. The summed E-state index contributed by atoms with van der Waals surface area (Å²) in [5.41, 5.74) is 0. The summed E-state index contributed by atoms with van der Waals surface area (Å²) < 4.78 is 0. The van der Waals surface area contributed by atoms with Gasteiger partial charge in [0, 0.05) is 5.92 Å². The SMILES string of the molecule is CC[C@@H](CS)C(C)=O. The second-order valence-corrected chi connectivity index (χ2v) is 2.26. The number of hydrogen-bond acceptors (Lipinski definition) is 2. The van der Waals surface area contributed by atoms with Crippen LogP contribution in [0.4, 0.5) is 0 Å². The topological polar surface area (TPSA) is 17.1 Å². The fourth-order valence-corrected chi connectivity index (χ4v) is 1.06. The van der Waals surface area contributed by atoms with Crippen molar-refractivity contribution in [3.8, 4) is 0 Å². The third-order valence-electron chi connectivity index (χ3n) is 1.29. The minimum Gasteiger partial charge on any atom is -0.300 e. The molecular weight excluding hydrogens is 120 g/mol. The second-order valence-electron chi connectivity index (χ2n) is 1.90. The highest BCUT2D eigenvalue weighted by Crippen LogP contribution is 2.04. The van der Waals surface area contributed by atoms with Crippen LogP contribution in [-0.2, 0) is 4.79 Å². The van der Waals surface area contributed by atoms with E-state index in [4.69, 9.17) is 0 Å². The number of thiol groups is 1. The summed E-state index contributed by atoms with van der Waals surface area (Å²) in [6.07, 6.45) is 0.916. The molecule has 8 heavy (non-hydrogen) atoms. The third-order valence-corrected chi connectivity index (χ3v) is 1.73. The molecule has 0 fully saturated rings. The Hall–Kier alpha value is 0.0200. The van der Waals surface area contributed by atoms with E-state index in [9.17, 15) is 4.79 Å². The standard InChI is InChI=1S/C6H12OS/c1-3-6(4-8)5(2)7/h6,8H,3-4H2,1-2H3/t6-/m0/s1. The molecule has 0 aromatic carbocycles. The van der Waals surface area contributed by atoms with Crippen LogP contribution < -0.4 is 0 Å². The van der Waals surface area contributed by atoms with Crippen LogP contribution in [0.1, 0.15) is 20.3 Å². The number of carbonyl (C=O) groups is 1. The van der Waals surface area contributed by atoms with Crippen molar-refractivity contribution in [3.63, 3.8) is 0 Å². The number of Topliss-reactive ketones (excluding diaryl/α,β-unsaturated/α-hetero) is 1. The molecule has 1 atom stereocenters. The lowest BCUT2D eigenvalue weighted by atomic mass is 10.1. The van der Waals surface area contributed by atoms with Gasteiger partial charge in [-0.3, -0.25) is 4.79 Å². The molecule has 0 spiro atoms. The molecule has 0 saturated carbocycles. The molecule has 0 amide bonds. The summed E-state index contributed by atoms with van der Waals surface area (Å²) in [6, 6.07) is 0. The molecule has 2 heteroatoms. The maximum absolute atomic E-state index is 10.6. The first-order valence-electron chi connectivity index (χ1n) is 2.83. The first-order valence-corrected chi connectivity index (χ1v) is 3.47. The highest BCUT2D eigenvalue weighted by molar-refractivity contribution is 7.80. The van der Waals surface area contributed by atoms with Gasteiger partial charge in [-0.1, -0.05) is 6.92 Å². The first kappa shape index (κ1) is 8.02. The molecule has 48 valence electrons. The van der Waals surface area contributed by atoms with Gasteiger partial charge in [-0.15, -0.1) is 0 Å². The van der Waals surface area contributed by atoms with Gasteiger partial charge in [0.05, 0.1) is 0 Å². The van der Waals surface area contributed by atoms with Gasteiger partial charge >= 0.3 is 0 Å². The van der Waals surface area contributed by atoms with Gasteiger partial charge in [-0.25, -0.2) is 0 Å². The fourth-order valence-electron chi connectivity index (χ4n) is 0.545. The molecule has 0 aliphatic carbocycles. The summed E-state index contributed by atoms with van der Waals surface area (Å²) in [6.45, 7) is 3.62. The van der Waals surface area contributed by atoms with Crippen LogP contribution in [0.25, 0.3) is 0 Å². The van der Waals surface area contributed by atoms with E-state index in [2.05, 4.69) is 12.6 Å². The van der Waals surface area contributed by atoms with Crippen molar-refractivity contribution in [2.45, 2.75) is 20.3 Å². The van der Waals surface area contributed by atoms with E-state index in [0.717, 1.165) is 6.42 Å². The zero-order valence-electron chi connectivity index (χ0n) is 5.35. The Labute approximate surface area is 55.9 Å². The van der Waals surface area contributed by atoms with Crippen molar-refractivity contribution in [2.75, 3.05) is 5.75 Å². The number of hydrogen-bond donors (Lipinski definition) is 1. The minimum atomic E-state index is 0.179. The highest BCUT2D eigenvalue weighted by atomic mass is 32.1. The Balaban J connectivity index is 3.52. The average molecular weight is 132 g/mol. The number of rotatable bonds is 3. The predicted octanol–water partition coefficient (Wildman–Crippen LogP) is 1.53. The fraction of sp³-hybridized carbons (Fsp3) is 0.833. The maximum atomic E-state index is 10.6. The van der Waals surface area contributed by atoms with Crippen LogP contribution in [0, 0.1) is 5.92 Å². The van der Waals surface area contributed by atoms with Crippen molar-refractivity contribution in [1.82, 2.24) is 0 Å². The second kappa shape index (κ2) is 3.96. The molecule has 0 aromatic heterocycles. The summed E-state index contributed by atoms with van der Waals surface area (Å²) in [4.78, 5) is 10.6. The largest absolute Gasteiger partial charge is 0.300 e. The molecular formula is C6H12OS. The molecule has 0 bridgehead atoms. The van der Waals surface area contributed by atoms with E-state index in [0.29, 0.717) is 5.75 Å². The molecule has 0 saturated heterocycles. The Morgan fingerprint density at radius 3 is 2.25 bits per heavy atom. The van der Waals surface area contributed by atoms with E-state index in [1.165, 1.54) is 0 Å². The van der Waals surface area contributed by atoms with Crippen LogP contribution in [-0.4, -0.2) is 11.5 Å². The van der Waals surface area contributed by atoms with E-state index in [-0.39, 0.29) is 11.7 Å². The Morgan fingerprint density at radius 2 is 2.25 bits per heavy atom. The van der Waals surface area contributed by atoms with Crippen LogP contribution in [0.15, 0.2) is 0 Å². The number of ketones is 1. The molecule has 0 heterocycles. The molecule has 0 aliphatic heterocycles. The summed E-state index contributed by atoms with van der Waals surface area (Å²) in [7, 11) is 0. The van der Waals surface area contributed by atoms with Crippen molar-refractivity contribution >= 4 is 18.4 Å². The van der Waals surface area contributed by atoms with E-state index in [1.54, 1.807) is 6.92 Å². The van der Waals surface area contributed by atoms with Crippen LogP contribution in [0.2, 0.25) is 0 Å². The van der Waals surface area contributed by atoms with Gasteiger partial charge < -0.3 is 0 Å². The highest BCUT2D eigenvalue weighted by Gasteiger charge is 2.07. The Morgan fingerprint density at radius 1 is 1.75 bits per heavy atom. The van der Waals surface area contributed by atoms with Crippen molar-refractivity contribution in [1.29, 1.82) is 0 Å². The number of carbonyl (C=O) groups excluding carboxylic acids is 1. The van der Waals surface area contributed by atoms with E-state index >= 15 is 0 Å². The molecule has 1 nitrogen and oxygen atoms in total. The smallest absolute Gasteiger partial charge is 0.133 e. The minimum absolute atomic E-state index is 0.179. The Kier molecular flexibility index (Phi) is 3.97. The zero-order chi connectivity index (χ0) is 6.57. The third kappa shape index (κ3) is 2.36. The molecule has 0 radical (unpaired) electrons. The summed E-state index contributed by atoms with van der Waals surface area (Å²) >= 11 is 4.01. The zero-order valence-corrected chi connectivity index (χ0v) is 6.24. The van der Waals surface area contributed by atoms with Crippen LogP contribution in [0.3, 0.4) is 0 Å². The van der Waals surface area contributed by atoms with Crippen molar-refractivity contribution < 1.29 is 4.79 Å². The molecule has 0 rings (SSSR count). The van der Waals surface area contributed by atoms with Gasteiger partial charge in [-0.2, -0.15) is 12.6 Å². The maximum Gasteiger partial charge on any atom is 0.133 e. The Bertz CT molecular complexity index is 76.6. The van der Waals surface area contributed by atoms with E-state index in [1.807, 2.05) is 6.92 Å². The first-order chi connectivity index (χ1) is 3.72. The summed E-state index contributed by atoms with van der Waals surface area (Å²) in [5.74, 6) is 1.12. The predicted molar refractivity (Wildman–Crippen MR) is 38.3 cm³/mol. The monoisotopic (exact) mass is 132 g/mol. The van der Waals surface area contributed by atoms with Gasteiger partial charge in [0.15, 0.2) is 0 Å². The molecule has 0 unspecified atom stereocenters. The van der Waals surface area contributed by atoms with Gasteiger partial charge in [0.2, 0.25) is 0 Å². The lowest BCUT2D eigenvalue weighted by Gasteiger charge is -2.03. The quantitative estimate of drug-likeness (QED) is 0.576. The normalized spacial score (nSPS) is 13.4. The lowest BCUT2D eigenvalue weighted by molar-refractivity contribution is -0.120. The molecule has 0 N–H and O–H groups in total. The van der Waals surface area contributed by atoms with Gasteiger partial charge in [0.1, 0.15) is 5.78 Å². The lowest BCUT2D eigenvalue weighted by Crippen LogP contribution is -2.10. The molecule has 0 aliphatic rings. The van der Waals surface area contributed by atoms with Gasteiger partial charge in [0.25, 0.3) is 0 Å². The van der Waals surface area contributed by atoms with E-state index < -0.39 is 0 Å².